The second kappa shape index (κ2) is 5.88. The highest BCUT2D eigenvalue weighted by Gasteiger charge is 2.04. The molecule has 5 heteroatoms. The van der Waals surface area contributed by atoms with Crippen LogP contribution < -0.4 is 4.74 Å². The van der Waals surface area contributed by atoms with Crippen molar-refractivity contribution in [3.8, 4) is 17.2 Å². The molecule has 5 nitrogen and oxygen atoms in total. The Bertz CT molecular complexity index is 919. The molecule has 4 aromatic rings. The van der Waals surface area contributed by atoms with Crippen molar-refractivity contribution >= 4 is 10.9 Å². The average molecular weight is 303 g/mol. The summed E-state index contributed by atoms with van der Waals surface area (Å²) in [5.74, 6) is 1.26. The van der Waals surface area contributed by atoms with Crippen LogP contribution in [0.5, 0.6) is 5.75 Å². The zero-order valence-corrected chi connectivity index (χ0v) is 12.2. The molecule has 0 atom stereocenters. The van der Waals surface area contributed by atoms with Gasteiger partial charge in [-0.1, -0.05) is 24.3 Å². The SMILES string of the molecule is c1ccc2nc(COc3ccc(-c4nnco4)cc3)ccc2c1. The fraction of sp³-hybridized carbons (Fsp3) is 0.0556. The number of hydrogen-bond acceptors (Lipinski definition) is 5. The lowest BCUT2D eigenvalue weighted by Crippen LogP contribution is -1.98. The van der Waals surface area contributed by atoms with Crippen molar-refractivity contribution in [3.05, 3.63) is 72.8 Å². The van der Waals surface area contributed by atoms with Crippen LogP contribution in [-0.4, -0.2) is 15.2 Å². The number of para-hydroxylation sites is 1. The van der Waals surface area contributed by atoms with Crippen molar-refractivity contribution in [2.24, 2.45) is 0 Å². The summed E-state index contributed by atoms with van der Waals surface area (Å²) in [6.45, 7) is 0.421. The molecule has 0 amide bonds. The molecule has 0 saturated heterocycles. The van der Waals surface area contributed by atoms with Crippen LogP contribution in [0.15, 0.2) is 71.5 Å². The molecule has 0 saturated carbocycles. The van der Waals surface area contributed by atoms with Crippen molar-refractivity contribution < 1.29 is 9.15 Å². The lowest BCUT2D eigenvalue weighted by molar-refractivity contribution is 0.302. The zero-order chi connectivity index (χ0) is 15.5. The molecule has 0 N–H and O–H groups in total. The first-order valence-electron chi connectivity index (χ1n) is 7.22. The molecule has 23 heavy (non-hydrogen) atoms. The van der Waals surface area contributed by atoms with E-state index < -0.39 is 0 Å². The Balaban J connectivity index is 1.47. The van der Waals surface area contributed by atoms with Gasteiger partial charge in [-0.25, -0.2) is 4.98 Å². The van der Waals surface area contributed by atoms with Crippen LogP contribution in [0, 0.1) is 0 Å². The van der Waals surface area contributed by atoms with Crippen LogP contribution in [0.4, 0.5) is 0 Å². The van der Waals surface area contributed by atoms with E-state index in [1.165, 1.54) is 6.39 Å². The van der Waals surface area contributed by atoms with Gasteiger partial charge in [-0.2, -0.15) is 0 Å². The number of pyridine rings is 1. The molecule has 0 bridgehead atoms. The molecule has 2 heterocycles. The van der Waals surface area contributed by atoms with Gasteiger partial charge in [-0.3, -0.25) is 0 Å². The maximum absolute atomic E-state index is 5.78. The molecule has 4 rings (SSSR count). The quantitative estimate of drug-likeness (QED) is 0.573. The van der Waals surface area contributed by atoms with Gasteiger partial charge in [-0.05, 0) is 36.4 Å². The van der Waals surface area contributed by atoms with Gasteiger partial charge in [0.2, 0.25) is 12.3 Å². The van der Waals surface area contributed by atoms with Gasteiger partial charge in [0.15, 0.2) is 0 Å². The standard InChI is InChI=1S/C18H13N3O2/c1-2-4-17-13(3-1)5-8-15(20-17)11-22-16-9-6-14(7-10-16)18-21-19-12-23-18/h1-10,12H,11H2. The lowest BCUT2D eigenvalue weighted by Gasteiger charge is -2.07. The predicted molar refractivity (Wildman–Crippen MR) is 85.8 cm³/mol. The van der Waals surface area contributed by atoms with E-state index in [2.05, 4.69) is 21.2 Å². The number of rotatable bonds is 4. The van der Waals surface area contributed by atoms with Crippen molar-refractivity contribution in [3.63, 3.8) is 0 Å². The molecule has 112 valence electrons. The van der Waals surface area contributed by atoms with E-state index in [0.717, 1.165) is 27.9 Å². The van der Waals surface area contributed by atoms with E-state index in [1.807, 2.05) is 54.6 Å². The molecule has 2 aromatic heterocycles. The fourth-order valence-corrected chi connectivity index (χ4v) is 2.34. The second-order valence-electron chi connectivity index (χ2n) is 5.05. The Morgan fingerprint density at radius 2 is 1.78 bits per heavy atom. The summed E-state index contributed by atoms with van der Waals surface area (Å²) in [5.41, 5.74) is 2.73. The van der Waals surface area contributed by atoms with Crippen LogP contribution in [-0.2, 0) is 6.61 Å². The van der Waals surface area contributed by atoms with Crippen molar-refractivity contribution in [2.45, 2.75) is 6.61 Å². The summed E-state index contributed by atoms with van der Waals surface area (Å²) >= 11 is 0. The van der Waals surface area contributed by atoms with E-state index >= 15 is 0 Å². The minimum Gasteiger partial charge on any atom is -0.487 e. The minimum atomic E-state index is 0.421. The Hall–Kier alpha value is -3.21. The van der Waals surface area contributed by atoms with Crippen LogP contribution in [0.1, 0.15) is 5.69 Å². The third-order valence-corrected chi connectivity index (χ3v) is 3.50. The summed E-state index contributed by atoms with van der Waals surface area (Å²) in [7, 11) is 0. The summed E-state index contributed by atoms with van der Waals surface area (Å²) in [6, 6.07) is 19.6. The van der Waals surface area contributed by atoms with Gasteiger partial charge in [0, 0.05) is 10.9 Å². The first kappa shape index (κ1) is 13.5. The Labute approximate surface area is 132 Å². The molecule has 0 unspecified atom stereocenters. The van der Waals surface area contributed by atoms with E-state index in [0.29, 0.717) is 12.5 Å². The Kier molecular flexibility index (Phi) is 3.44. The van der Waals surface area contributed by atoms with E-state index in [9.17, 15) is 0 Å². The van der Waals surface area contributed by atoms with Crippen molar-refractivity contribution in [1.29, 1.82) is 0 Å². The first-order chi connectivity index (χ1) is 11.4. The highest BCUT2D eigenvalue weighted by Crippen LogP contribution is 2.21. The predicted octanol–water partition coefficient (Wildman–Crippen LogP) is 3.86. The molecule has 0 radical (unpaired) electrons. The lowest BCUT2D eigenvalue weighted by atomic mass is 10.2. The maximum atomic E-state index is 5.78. The van der Waals surface area contributed by atoms with Crippen LogP contribution >= 0.6 is 0 Å². The first-order valence-corrected chi connectivity index (χ1v) is 7.22. The molecule has 2 aromatic carbocycles. The number of hydrogen-bond donors (Lipinski definition) is 0. The van der Waals surface area contributed by atoms with Gasteiger partial charge < -0.3 is 9.15 Å². The van der Waals surface area contributed by atoms with Gasteiger partial charge >= 0.3 is 0 Å². The minimum absolute atomic E-state index is 0.421. The van der Waals surface area contributed by atoms with Crippen molar-refractivity contribution in [2.75, 3.05) is 0 Å². The van der Waals surface area contributed by atoms with E-state index in [1.54, 1.807) is 0 Å². The molecular weight excluding hydrogens is 290 g/mol. The molecule has 0 fully saturated rings. The topological polar surface area (TPSA) is 61.0 Å². The van der Waals surface area contributed by atoms with Gasteiger partial charge in [0.1, 0.15) is 12.4 Å². The number of fused-ring (bicyclic) bond motifs is 1. The van der Waals surface area contributed by atoms with Gasteiger partial charge in [0.05, 0.1) is 11.2 Å². The summed E-state index contributed by atoms with van der Waals surface area (Å²) in [4.78, 5) is 4.59. The maximum Gasteiger partial charge on any atom is 0.247 e. The normalized spacial score (nSPS) is 10.8. The van der Waals surface area contributed by atoms with Crippen molar-refractivity contribution in [1.82, 2.24) is 15.2 Å². The largest absolute Gasteiger partial charge is 0.487 e. The highest BCUT2D eigenvalue weighted by atomic mass is 16.5. The number of aromatic nitrogens is 3. The Morgan fingerprint density at radius 3 is 2.61 bits per heavy atom. The highest BCUT2D eigenvalue weighted by molar-refractivity contribution is 5.78. The molecule has 0 aliphatic heterocycles. The summed E-state index contributed by atoms with van der Waals surface area (Å²) in [6.07, 6.45) is 1.31. The number of benzene rings is 2. The molecule has 0 aliphatic carbocycles. The monoisotopic (exact) mass is 303 g/mol. The summed E-state index contributed by atoms with van der Waals surface area (Å²) in [5, 5.41) is 8.66. The van der Waals surface area contributed by atoms with Crippen LogP contribution in [0.3, 0.4) is 0 Å². The van der Waals surface area contributed by atoms with Gasteiger partial charge in [-0.15, -0.1) is 10.2 Å². The smallest absolute Gasteiger partial charge is 0.247 e. The number of nitrogens with zero attached hydrogens (tertiary/aromatic N) is 3. The fourth-order valence-electron chi connectivity index (χ4n) is 2.34. The summed E-state index contributed by atoms with van der Waals surface area (Å²) < 4.78 is 10.9. The zero-order valence-electron chi connectivity index (χ0n) is 12.2. The van der Waals surface area contributed by atoms with Crippen LogP contribution in [0.25, 0.3) is 22.4 Å². The van der Waals surface area contributed by atoms with Crippen LogP contribution in [0.2, 0.25) is 0 Å². The third kappa shape index (κ3) is 2.89. The van der Waals surface area contributed by atoms with Gasteiger partial charge in [0.25, 0.3) is 0 Å². The van der Waals surface area contributed by atoms with E-state index in [-0.39, 0.29) is 0 Å². The molecule has 0 aliphatic rings. The Morgan fingerprint density at radius 1 is 0.913 bits per heavy atom. The second-order valence-corrected chi connectivity index (χ2v) is 5.05. The molecular formula is C18H13N3O2. The van der Waals surface area contributed by atoms with E-state index in [4.69, 9.17) is 9.15 Å². The third-order valence-electron chi connectivity index (χ3n) is 3.50. The average Bonchev–Trinajstić information content (AvgIpc) is 3.15. The number of ether oxygens (including phenoxy) is 1. The molecule has 0 spiro atoms.